The summed E-state index contributed by atoms with van der Waals surface area (Å²) in [5, 5.41) is 17.2. The van der Waals surface area contributed by atoms with Gasteiger partial charge >= 0.3 is 0 Å². The van der Waals surface area contributed by atoms with Crippen LogP contribution in [0.2, 0.25) is 5.02 Å². The van der Waals surface area contributed by atoms with Crippen molar-refractivity contribution >= 4 is 34.5 Å². The molecule has 0 amide bonds. The van der Waals surface area contributed by atoms with E-state index in [1.165, 1.54) is 23.5 Å². The second kappa shape index (κ2) is 5.19. The third-order valence-corrected chi connectivity index (χ3v) is 4.11. The molecule has 0 aliphatic rings. The largest absolute Gasteiger partial charge is 0.367 e. The van der Waals surface area contributed by atoms with Gasteiger partial charge in [0.2, 0.25) is 5.88 Å². The van der Waals surface area contributed by atoms with Gasteiger partial charge < -0.3 is 10.3 Å². The van der Waals surface area contributed by atoms with E-state index in [-0.39, 0.29) is 27.9 Å². The van der Waals surface area contributed by atoms with E-state index in [0.717, 1.165) is 4.88 Å². The van der Waals surface area contributed by atoms with Crippen LogP contribution in [0.3, 0.4) is 0 Å². The summed E-state index contributed by atoms with van der Waals surface area (Å²) in [6.45, 7) is 0. The summed E-state index contributed by atoms with van der Waals surface area (Å²) in [6, 6.07) is 8.12. The standard InChI is InChI=1S/C13H8ClN3O3S/c14-7-3-1-4-8(17(18)19)10(7)12-11(13(15)20-16-12)9-5-2-6-21-9/h1-6H,15H2. The van der Waals surface area contributed by atoms with Crippen LogP contribution < -0.4 is 5.73 Å². The number of aromatic nitrogens is 1. The Morgan fingerprint density at radius 2 is 2.10 bits per heavy atom. The fourth-order valence-corrected chi connectivity index (χ4v) is 3.07. The number of nitrogens with zero attached hydrogens (tertiary/aromatic N) is 2. The number of nitrogen functional groups attached to an aromatic ring is 1. The number of nitrogens with two attached hydrogens (primary N) is 1. The molecule has 106 valence electrons. The smallest absolute Gasteiger partial charge is 0.280 e. The van der Waals surface area contributed by atoms with Gasteiger partial charge in [0.1, 0.15) is 11.3 Å². The number of hydrogen-bond acceptors (Lipinski definition) is 6. The molecule has 8 heteroatoms. The molecule has 3 aromatic rings. The molecule has 0 aliphatic heterocycles. The first-order valence-electron chi connectivity index (χ1n) is 5.82. The lowest BCUT2D eigenvalue weighted by atomic mass is 10.0. The SMILES string of the molecule is Nc1onc(-c2c(Cl)cccc2[N+](=O)[O-])c1-c1cccs1. The van der Waals surface area contributed by atoms with Crippen LogP contribution in [0.1, 0.15) is 0 Å². The number of hydrogen-bond donors (Lipinski definition) is 1. The minimum atomic E-state index is -0.510. The van der Waals surface area contributed by atoms with Crippen molar-refractivity contribution in [2.24, 2.45) is 0 Å². The van der Waals surface area contributed by atoms with Crippen molar-refractivity contribution in [2.45, 2.75) is 0 Å². The highest BCUT2D eigenvalue weighted by Crippen LogP contribution is 2.44. The summed E-state index contributed by atoms with van der Waals surface area (Å²) in [7, 11) is 0. The van der Waals surface area contributed by atoms with E-state index < -0.39 is 4.92 Å². The Kier molecular flexibility index (Phi) is 3.36. The third kappa shape index (κ3) is 2.26. The lowest BCUT2D eigenvalue weighted by Crippen LogP contribution is -1.94. The molecule has 2 N–H and O–H groups in total. The number of rotatable bonds is 3. The molecule has 2 heterocycles. The number of nitro benzene ring substituents is 1. The van der Waals surface area contributed by atoms with Gasteiger partial charge in [-0.15, -0.1) is 11.3 Å². The Balaban J connectivity index is 2.31. The van der Waals surface area contributed by atoms with Gasteiger partial charge in [-0.3, -0.25) is 10.1 Å². The molecule has 0 fully saturated rings. The maximum absolute atomic E-state index is 11.2. The zero-order chi connectivity index (χ0) is 15.0. The van der Waals surface area contributed by atoms with Crippen LogP contribution in [0.5, 0.6) is 0 Å². The zero-order valence-electron chi connectivity index (χ0n) is 10.4. The van der Waals surface area contributed by atoms with Crippen LogP contribution >= 0.6 is 22.9 Å². The van der Waals surface area contributed by atoms with Crippen molar-refractivity contribution in [3.05, 3.63) is 50.8 Å². The number of benzene rings is 1. The summed E-state index contributed by atoms with van der Waals surface area (Å²) in [5.41, 5.74) is 6.65. The van der Waals surface area contributed by atoms with Gasteiger partial charge in [0.15, 0.2) is 0 Å². The molecule has 0 saturated carbocycles. The normalized spacial score (nSPS) is 10.7. The molecule has 0 aliphatic carbocycles. The molecule has 3 rings (SSSR count). The van der Waals surface area contributed by atoms with Crippen molar-refractivity contribution < 1.29 is 9.45 Å². The maximum atomic E-state index is 11.2. The fourth-order valence-electron chi connectivity index (χ4n) is 2.03. The topological polar surface area (TPSA) is 95.2 Å². The summed E-state index contributed by atoms with van der Waals surface area (Å²) < 4.78 is 5.02. The average molecular weight is 322 g/mol. The average Bonchev–Trinajstić information content (AvgIpc) is 3.07. The van der Waals surface area contributed by atoms with Crippen LogP contribution in [0.15, 0.2) is 40.2 Å². The number of nitro groups is 1. The Morgan fingerprint density at radius 3 is 2.76 bits per heavy atom. The predicted octanol–water partition coefficient (Wildman–Crippen LogP) is 4.21. The molecule has 0 saturated heterocycles. The second-order valence-corrected chi connectivity index (χ2v) is 5.49. The highest BCUT2D eigenvalue weighted by atomic mass is 35.5. The first-order valence-corrected chi connectivity index (χ1v) is 7.07. The maximum Gasteiger partial charge on any atom is 0.280 e. The highest BCUT2D eigenvalue weighted by molar-refractivity contribution is 7.13. The number of halogens is 1. The van der Waals surface area contributed by atoms with Gasteiger partial charge in [-0.1, -0.05) is 28.9 Å². The first-order chi connectivity index (χ1) is 10.1. The van der Waals surface area contributed by atoms with E-state index >= 15 is 0 Å². The second-order valence-electron chi connectivity index (χ2n) is 4.14. The van der Waals surface area contributed by atoms with E-state index in [1.54, 1.807) is 6.07 Å². The van der Waals surface area contributed by atoms with Gasteiger partial charge in [0.05, 0.1) is 15.5 Å². The molecule has 0 bridgehead atoms. The van der Waals surface area contributed by atoms with Gasteiger partial charge in [0.25, 0.3) is 5.69 Å². The van der Waals surface area contributed by atoms with Crippen LogP contribution in [-0.2, 0) is 0 Å². The van der Waals surface area contributed by atoms with Crippen LogP contribution in [0.25, 0.3) is 21.7 Å². The van der Waals surface area contributed by atoms with E-state index in [0.29, 0.717) is 5.56 Å². The molecule has 0 atom stereocenters. The van der Waals surface area contributed by atoms with Crippen LogP contribution in [-0.4, -0.2) is 10.1 Å². The Labute approximate surface area is 127 Å². The molecular formula is C13H8ClN3O3S. The van der Waals surface area contributed by atoms with Crippen molar-refractivity contribution in [3.8, 4) is 21.7 Å². The summed E-state index contributed by atoms with van der Waals surface area (Å²) in [6.07, 6.45) is 0. The predicted molar refractivity (Wildman–Crippen MR) is 81.3 cm³/mol. The third-order valence-electron chi connectivity index (χ3n) is 2.91. The van der Waals surface area contributed by atoms with Gasteiger partial charge in [-0.25, -0.2) is 0 Å². The highest BCUT2D eigenvalue weighted by Gasteiger charge is 2.27. The summed E-state index contributed by atoms with van der Waals surface area (Å²) in [4.78, 5) is 11.5. The van der Waals surface area contributed by atoms with Crippen molar-refractivity contribution in [1.29, 1.82) is 0 Å². The molecule has 0 spiro atoms. The molecule has 2 aromatic heterocycles. The molecule has 1 aromatic carbocycles. The lowest BCUT2D eigenvalue weighted by molar-refractivity contribution is -0.384. The van der Waals surface area contributed by atoms with Crippen LogP contribution in [0, 0.1) is 10.1 Å². The zero-order valence-corrected chi connectivity index (χ0v) is 12.0. The van der Waals surface area contributed by atoms with Crippen molar-refractivity contribution in [1.82, 2.24) is 5.16 Å². The van der Waals surface area contributed by atoms with Crippen molar-refractivity contribution in [2.75, 3.05) is 5.73 Å². The van der Waals surface area contributed by atoms with Gasteiger partial charge in [-0.05, 0) is 17.5 Å². The lowest BCUT2D eigenvalue weighted by Gasteiger charge is -2.04. The molecule has 21 heavy (non-hydrogen) atoms. The quantitative estimate of drug-likeness (QED) is 0.575. The Hall–Kier alpha value is -2.38. The van der Waals surface area contributed by atoms with E-state index in [4.69, 9.17) is 21.9 Å². The Morgan fingerprint density at radius 1 is 1.29 bits per heavy atom. The number of thiophene rings is 1. The first kappa shape index (κ1) is 13.6. The molecule has 0 unspecified atom stereocenters. The summed E-state index contributed by atoms with van der Waals surface area (Å²) in [5.74, 6) is 0.0988. The molecule has 6 nitrogen and oxygen atoms in total. The molecule has 0 radical (unpaired) electrons. The fraction of sp³-hybridized carbons (Fsp3) is 0. The van der Waals surface area contributed by atoms with Gasteiger partial charge in [0, 0.05) is 10.9 Å². The van der Waals surface area contributed by atoms with E-state index in [2.05, 4.69) is 5.16 Å². The molecular weight excluding hydrogens is 314 g/mol. The number of anilines is 1. The monoisotopic (exact) mass is 321 g/mol. The summed E-state index contributed by atoms with van der Waals surface area (Å²) >= 11 is 7.56. The van der Waals surface area contributed by atoms with E-state index in [9.17, 15) is 10.1 Å². The van der Waals surface area contributed by atoms with Crippen LogP contribution in [0.4, 0.5) is 11.6 Å². The van der Waals surface area contributed by atoms with Gasteiger partial charge in [-0.2, -0.15) is 0 Å². The van der Waals surface area contributed by atoms with E-state index in [1.807, 2.05) is 17.5 Å². The minimum absolute atomic E-state index is 0.0988. The van der Waals surface area contributed by atoms with Crippen molar-refractivity contribution in [3.63, 3.8) is 0 Å². The minimum Gasteiger partial charge on any atom is -0.367 e. The Bertz CT molecular complexity index is 814.